The van der Waals surface area contributed by atoms with Crippen LogP contribution in [0.15, 0.2) is 17.5 Å². The normalized spacial score (nSPS) is 20.2. The fraction of sp³-hybridized carbons (Fsp3) is 0.615. The summed E-state index contributed by atoms with van der Waals surface area (Å²) in [4.78, 5) is 13.4. The van der Waals surface area contributed by atoms with E-state index in [1.54, 1.807) is 30.0 Å². The lowest BCUT2D eigenvalue weighted by atomic mass is 10.0. The summed E-state index contributed by atoms with van der Waals surface area (Å²) in [5, 5.41) is 15.0. The molecule has 5 heteroatoms. The number of carbonyl (C=O) groups is 1. The number of thioether (sulfide) groups is 1. The quantitative estimate of drug-likeness (QED) is 0.840. The van der Waals surface area contributed by atoms with Crippen LogP contribution < -0.4 is 5.32 Å². The highest BCUT2D eigenvalue weighted by Crippen LogP contribution is 2.50. The Labute approximate surface area is 116 Å². The molecule has 100 valence electrons. The van der Waals surface area contributed by atoms with Gasteiger partial charge in [0.2, 0.25) is 5.91 Å². The number of nitrogens with one attached hydrogen (secondary N) is 1. The van der Waals surface area contributed by atoms with Gasteiger partial charge < -0.3 is 10.4 Å². The highest BCUT2D eigenvalue weighted by atomic mass is 32.2. The molecule has 1 aromatic heterocycles. The molecule has 0 aliphatic heterocycles. The smallest absolute Gasteiger partial charge is 0.231 e. The average Bonchev–Trinajstić information content (AvgIpc) is 2.94. The zero-order chi connectivity index (χ0) is 13.2. The zero-order valence-corrected chi connectivity index (χ0v) is 12.4. The van der Waals surface area contributed by atoms with Crippen LogP contribution in [0.25, 0.3) is 0 Å². The minimum absolute atomic E-state index is 0.0614. The van der Waals surface area contributed by atoms with Crippen molar-refractivity contribution in [3.8, 4) is 0 Å². The number of hydrogen-bond acceptors (Lipinski definition) is 4. The summed E-state index contributed by atoms with van der Waals surface area (Å²) in [5.74, 6) is 0.686. The maximum Gasteiger partial charge on any atom is 0.231 e. The van der Waals surface area contributed by atoms with Gasteiger partial charge in [0.05, 0.1) is 11.0 Å². The molecule has 18 heavy (non-hydrogen) atoms. The van der Waals surface area contributed by atoms with E-state index in [9.17, 15) is 9.90 Å². The monoisotopic (exact) mass is 285 g/mol. The van der Waals surface area contributed by atoms with E-state index >= 15 is 0 Å². The molecule has 0 radical (unpaired) electrons. The Balaban J connectivity index is 1.93. The molecule has 0 saturated heterocycles. The van der Waals surface area contributed by atoms with Gasteiger partial charge in [-0.05, 0) is 37.5 Å². The van der Waals surface area contributed by atoms with Crippen molar-refractivity contribution in [1.29, 1.82) is 0 Å². The SMILES string of the molecule is CSCC(C)(O)CNC(=O)C1(c2cccs2)CC1. The van der Waals surface area contributed by atoms with Crippen molar-refractivity contribution in [3.05, 3.63) is 22.4 Å². The Morgan fingerprint density at radius 2 is 2.39 bits per heavy atom. The largest absolute Gasteiger partial charge is 0.387 e. The van der Waals surface area contributed by atoms with Crippen molar-refractivity contribution < 1.29 is 9.90 Å². The lowest BCUT2D eigenvalue weighted by Crippen LogP contribution is -2.45. The van der Waals surface area contributed by atoms with Crippen molar-refractivity contribution >= 4 is 29.0 Å². The maximum absolute atomic E-state index is 12.3. The summed E-state index contributed by atoms with van der Waals surface area (Å²) < 4.78 is 0. The third-order valence-electron chi connectivity index (χ3n) is 3.26. The lowest BCUT2D eigenvalue weighted by Gasteiger charge is -2.24. The molecule has 2 rings (SSSR count). The Morgan fingerprint density at radius 1 is 1.67 bits per heavy atom. The van der Waals surface area contributed by atoms with Gasteiger partial charge in [-0.3, -0.25) is 4.79 Å². The number of thiophene rings is 1. The summed E-state index contributed by atoms with van der Waals surface area (Å²) in [6, 6.07) is 4.01. The van der Waals surface area contributed by atoms with Crippen LogP contribution in [0, 0.1) is 0 Å². The molecule has 1 aliphatic carbocycles. The lowest BCUT2D eigenvalue weighted by molar-refractivity contribution is -0.124. The zero-order valence-electron chi connectivity index (χ0n) is 10.7. The minimum atomic E-state index is -0.833. The van der Waals surface area contributed by atoms with Crippen molar-refractivity contribution in [3.63, 3.8) is 0 Å². The molecular formula is C13H19NO2S2. The van der Waals surface area contributed by atoms with E-state index in [2.05, 4.69) is 5.32 Å². The van der Waals surface area contributed by atoms with Gasteiger partial charge in [-0.2, -0.15) is 11.8 Å². The Morgan fingerprint density at radius 3 is 2.89 bits per heavy atom. The van der Waals surface area contributed by atoms with Crippen molar-refractivity contribution in [2.24, 2.45) is 0 Å². The summed E-state index contributed by atoms with van der Waals surface area (Å²) in [6.07, 6.45) is 3.79. The molecule has 1 aromatic rings. The van der Waals surface area contributed by atoms with Gasteiger partial charge in [0.25, 0.3) is 0 Å². The van der Waals surface area contributed by atoms with Gasteiger partial charge in [0, 0.05) is 17.2 Å². The molecule has 2 N–H and O–H groups in total. The Hall–Kier alpha value is -0.520. The van der Waals surface area contributed by atoms with Crippen LogP contribution in [0.5, 0.6) is 0 Å². The van der Waals surface area contributed by atoms with Gasteiger partial charge in [0.15, 0.2) is 0 Å². The Bertz CT molecular complexity index is 411. The van der Waals surface area contributed by atoms with Crippen LogP contribution in [0.2, 0.25) is 0 Å². The van der Waals surface area contributed by atoms with E-state index in [4.69, 9.17) is 0 Å². The van der Waals surface area contributed by atoms with Gasteiger partial charge in [-0.15, -0.1) is 11.3 Å². The fourth-order valence-electron chi connectivity index (χ4n) is 2.06. The predicted molar refractivity (Wildman–Crippen MR) is 77.2 cm³/mol. The second-order valence-corrected chi connectivity index (χ2v) is 6.99. The van der Waals surface area contributed by atoms with Crippen LogP contribution in [0.1, 0.15) is 24.6 Å². The first kappa shape index (κ1) is 13.9. The van der Waals surface area contributed by atoms with Crippen molar-refractivity contribution in [1.82, 2.24) is 5.32 Å². The number of carbonyl (C=O) groups excluding carboxylic acids is 1. The minimum Gasteiger partial charge on any atom is -0.387 e. The first-order valence-corrected chi connectivity index (χ1v) is 8.31. The van der Waals surface area contributed by atoms with Crippen molar-refractivity contribution in [2.45, 2.75) is 30.8 Å². The first-order chi connectivity index (χ1) is 8.50. The highest BCUT2D eigenvalue weighted by Gasteiger charge is 2.52. The van der Waals surface area contributed by atoms with Crippen molar-refractivity contribution in [2.75, 3.05) is 18.6 Å². The van der Waals surface area contributed by atoms with Gasteiger partial charge in [-0.25, -0.2) is 0 Å². The molecule has 1 fully saturated rings. The molecule has 0 bridgehead atoms. The number of aliphatic hydroxyl groups is 1. The first-order valence-electron chi connectivity index (χ1n) is 6.04. The van der Waals surface area contributed by atoms with E-state index in [1.807, 2.05) is 23.8 Å². The summed E-state index contributed by atoms with van der Waals surface area (Å²) in [5.41, 5.74) is -1.13. The highest BCUT2D eigenvalue weighted by molar-refractivity contribution is 7.98. The van der Waals surface area contributed by atoms with E-state index in [0.717, 1.165) is 17.7 Å². The van der Waals surface area contributed by atoms with E-state index in [1.165, 1.54) is 0 Å². The second kappa shape index (κ2) is 5.23. The topological polar surface area (TPSA) is 49.3 Å². The standard InChI is InChI=1S/C13H19NO2S2/c1-12(16,9-17-2)8-14-11(15)13(5-6-13)10-4-3-7-18-10/h3-4,7,16H,5-6,8-9H2,1-2H3,(H,14,15). The van der Waals surface area contributed by atoms with Crippen LogP contribution in [0.4, 0.5) is 0 Å². The van der Waals surface area contributed by atoms with Crippen LogP contribution >= 0.6 is 23.1 Å². The van der Waals surface area contributed by atoms with E-state index < -0.39 is 5.60 Å². The molecule has 3 nitrogen and oxygen atoms in total. The average molecular weight is 285 g/mol. The molecule has 1 atom stereocenters. The van der Waals surface area contributed by atoms with Gasteiger partial charge in [-0.1, -0.05) is 6.07 Å². The molecule has 1 saturated carbocycles. The number of amides is 1. The molecule has 1 amide bonds. The molecule has 0 spiro atoms. The van der Waals surface area contributed by atoms with Crippen LogP contribution in [-0.2, 0) is 10.2 Å². The molecule has 1 unspecified atom stereocenters. The van der Waals surface area contributed by atoms with Gasteiger partial charge in [0.1, 0.15) is 0 Å². The third kappa shape index (κ3) is 2.90. The van der Waals surface area contributed by atoms with E-state index in [-0.39, 0.29) is 11.3 Å². The number of rotatable bonds is 6. The van der Waals surface area contributed by atoms with Crippen LogP contribution in [0.3, 0.4) is 0 Å². The fourth-order valence-corrected chi connectivity index (χ4v) is 3.77. The summed E-state index contributed by atoms with van der Waals surface area (Å²) in [7, 11) is 0. The summed E-state index contributed by atoms with van der Waals surface area (Å²) in [6.45, 7) is 2.08. The third-order valence-corrected chi connectivity index (χ3v) is 5.25. The van der Waals surface area contributed by atoms with E-state index in [0.29, 0.717) is 12.3 Å². The molecule has 1 heterocycles. The molecular weight excluding hydrogens is 266 g/mol. The molecule has 1 aliphatic rings. The Kier molecular flexibility index (Phi) is 4.04. The predicted octanol–water partition coefficient (Wildman–Crippen LogP) is 2.01. The summed E-state index contributed by atoms with van der Waals surface area (Å²) >= 11 is 3.22. The van der Waals surface area contributed by atoms with Crippen LogP contribution in [-0.4, -0.2) is 35.2 Å². The molecule has 0 aromatic carbocycles. The maximum atomic E-state index is 12.3. The number of hydrogen-bond donors (Lipinski definition) is 2. The van der Waals surface area contributed by atoms with Gasteiger partial charge >= 0.3 is 0 Å². The second-order valence-electron chi connectivity index (χ2n) is 5.17.